The maximum atomic E-state index is 6.00. The highest BCUT2D eigenvalue weighted by Crippen LogP contribution is 2.25. The van der Waals surface area contributed by atoms with Crippen LogP contribution in [0.2, 0.25) is 0 Å². The highest BCUT2D eigenvalue weighted by atomic mass is 35.5. The van der Waals surface area contributed by atoms with Crippen LogP contribution in [-0.4, -0.2) is 29.0 Å². The highest BCUT2D eigenvalue weighted by molar-refractivity contribution is 5.85. The van der Waals surface area contributed by atoms with Crippen molar-refractivity contribution in [3.63, 3.8) is 0 Å². The number of nitrogens with zero attached hydrogens (tertiary/aromatic N) is 2. The third-order valence-electron chi connectivity index (χ3n) is 4.37. The molecule has 1 aromatic heterocycles. The van der Waals surface area contributed by atoms with Gasteiger partial charge in [-0.25, -0.2) is 0 Å². The Morgan fingerprint density at radius 2 is 1.90 bits per heavy atom. The van der Waals surface area contributed by atoms with E-state index in [1.807, 2.05) is 6.20 Å². The zero-order valence-corrected chi connectivity index (χ0v) is 12.9. The largest absolute Gasteiger partial charge is 0.487 e. The Hall–Kier alpha value is -0.740. The second-order valence-corrected chi connectivity index (χ2v) is 5.97. The van der Waals surface area contributed by atoms with Gasteiger partial charge in [-0.05, 0) is 44.7 Å². The first kappa shape index (κ1) is 15.6. The van der Waals surface area contributed by atoms with E-state index in [1.165, 1.54) is 32.1 Å². The molecule has 3 rings (SSSR count). The molecular formula is C15H26ClN3O. The van der Waals surface area contributed by atoms with E-state index in [0.717, 1.165) is 44.1 Å². The van der Waals surface area contributed by atoms with Crippen molar-refractivity contribution in [2.45, 2.75) is 57.6 Å². The second-order valence-electron chi connectivity index (χ2n) is 5.97. The van der Waals surface area contributed by atoms with E-state index < -0.39 is 0 Å². The number of piperidine rings is 1. The molecule has 0 aromatic carbocycles. The molecule has 2 heterocycles. The quantitative estimate of drug-likeness (QED) is 0.929. The van der Waals surface area contributed by atoms with Crippen molar-refractivity contribution in [3.8, 4) is 5.75 Å². The molecule has 0 amide bonds. The lowest BCUT2D eigenvalue weighted by atomic mass is 9.89. The number of ether oxygens (including phenoxy) is 1. The summed E-state index contributed by atoms with van der Waals surface area (Å²) in [4.78, 5) is 0. The number of hydrogen-bond donors (Lipinski definition) is 1. The van der Waals surface area contributed by atoms with Crippen molar-refractivity contribution in [1.82, 2.24) is 15.1 Å². The Labute approximate surface area is 127 Å². The van der Waals surface area contributed by atoms with Gasteiger partial charge in [0.15, 0.2) is 5.75 Å². The van der Waals surface area contributed by atoms with Crippen LogP contribution in [0.25, 0.3) is 0 Å². The van der Waals surface area contributed by atoms with Crippen LogP contribution in [0.5, 0.6) is 5.75 Å². The maximum Gasteiger partial charge on any atom is 0.157 e. The third-order valence-corrected chi connectivity index (χ3v) is 4.37. The molecule has 5 heteroatoms. The molecule has 0 radical (unpaired) electrons. The van der Waals surface area contributed by atoms with Gasteiger partial charge in [-0.1, -0.05) is 19.3 Å². The fraction of sp³-hybridized carbons (Fsp3) is 0.800. The SMILES string of the molecule is Cl.c1nn(CC2CCCCC2)cc1OC1CCNCC1. The van der Waals surface area contributed by atoms with Crippen LogP contribution in [0.15, 0.2) is 12.4 Å². The summed E-state index contributed by atoms with van der Waals surface area (Å²) in [5, 5.41) is 7.81. The second kappa shape index (κ2) is 7.89. The minimum atomic E-state index is 0. The number of aromatic nitrogens is 2. The molecule has 4 nitrogen and oxygen atoms in total. The van der Waals surface area contributed by atoms with Gasteiger partial charge in [0.05, 0.1) is 12.4 Å². The zero-order valence-electron chi connectivity index (χ0n) is 12.1. The summed E-state index contributed by atoms with van der Waals surface area (Å²) in [6.45, 7) is 3.21. The lowest BCUT2D eigenvalue weighted by Crippen LogP contribution is -2.34. The van der Waals surface area contributed by atoms with Crippen molar-refractivity contribution in [2.24, 2.45) is 5.92 Å². The molecular weight excluding hydrogens is 274 g/mol. The molecule has 0 unspecified atom stereocenters. The van der Waals surface area contributed by atoms with Gasteiger partial charge in [-0.2, -0.15) is 5.10 Å². The molecule has 114 valence electrons. The van der Waals surface area contributed by atoms with Crippen LogP contribution >= 0.6 is 12.4 Å². The molecule has 1 saturated heterocycles. The van der Waals surface area contributed by atoms with Crippen LogP contribution in [0.3, 0.4) is 0 Å². The molecule has 1 aliphatic carbocycles. The van der Waals surface area contributed by atoms with E-state index in [-0.39, 0.29) is 12.4 Å². The molecule has 1 aliphatic heterocycles. The van der Waals surface area contributed by atoms with E-state index in [1.54, 1.807) is 0 Å². The molecule has 1 saturated carbocycles. The van der Waals surface area contributed by atoms with E-state index in [4.69, 9.17) is 4.74 Å². The first-order valence-electron chi connectivity index (χ1n) is 7.80. The van der Waals surface area contributed by atoms with Gasteiger partial charge in [0.25, 0.3) is 0 Å². The highest BCUT2D eigenvalue weighted by Gasteiger charge is 2.17. The molecule has 0 spiro atoms. The summed E-state index contributed by atoms with van der Waals surface area (Å²) in [7, 11) is 0. The topological polar surface area (TPSA) is 39.1 Å². The van der Waals surface area contributed by atoms with Gasteiger partial charge >= 0.3 is 0 Å². The number of hydrogen-bond acceptors (Lipinski definition) is 3. The average Bonchev–Trinajstić information content (AvgIpc) is 2.88. The lowest BCUT2D eigenvalue weighted by Gasteiger charge is -2.23. The lowest BCUT2D eigenvalue weighted by molar-refractivity contribution is 0.162. The zero-order chi connectivity index (χ0) is 12.9. The molecule has 0 bridgehead atoms. The van der Waals surface area contributed by atoms with Crippen LogP contribution in [0, 0.1) is 5.92 Å². The van der Waals surface area contributed by atoms with Crippen LogP contribution in [0.4, 0.5) is 0 Å². The van der Waals surface area contributed by atoms with Crippen molar-refractivity contribution < 1.29 is 4.74 Å². The first-order valence-corrected chi connectivity index (χ1v) is 7.80. The summed E-state index contributed by atoms with van der Waals surface area (Å²) in [5.41, 5.74) is 0. The Bertz CT molecular complexity index is 350. The maximum absolute atomic E-state index is 6.00. The standard InChI is InChI=1S/C15H25N3O.ClH/c1-2-4-13(5-3-1)11-18-12-15(10-17-18)19-14-6-8-16-9-7-14;/h10,12-14,16H,1-9,11H2;1H. The summed E-state index contributed by atoms with van der Waals surface area (Å²) in [5.74, 6) is 1.77. The first-order chi connectivity index (χ1) is 9.40. The van der Waals surface area contributed by atoms with Crippen molar-refractivity contribution in [3.05, 3.63) is 12.4 Å². The van der Waals surface area contributed by atoms with E-state index >= 15 is 0 Å². The average molecular weight is 300 g/mol. The minimum absolute atomic E-state index is 0. The normalized spacial score (nSPS) is 21.4. The number of halogens is 1. The predicted molar refractivity (Wildman–Crippen MR) is 82.6 cm³/mol. The number of nitrogens with one attached hydrogen (secondary N) is 1. The van der Waals surface area contributed by atoms with Crippen LogP contribution < -0.4 is 10.1 Å². The molecule has 1 N–H and O–H groups in total. The van der Waals surface area contributed by atoms with Gasteiger partial charge < -0.3 is 10.1 Å². The van der Waals surface area contributed by atoms with Crippen LogP contribution in [-0.2, 0) is 6.54 Å². The van der Waals surface area contributed by atoms with Gasteiger partial charge in [0.1, 0.15) is 6.10 Å². The van der Waals surface area contributed by atoms with Crippen molar-refractivity contribution >= 4 is 12.4 Å². The Morgan fingerprint density at radius 3 is 2.65 bits per heavy atom. The Kier molecular flexibility index (Phi) is 6.17. The van der Waals surface area contributed by atoms with Crippen molar-refractivity contribution in [1.29, 1.82) is 0 Å². The summed E-state index contributed by atoms with van der Waals surface area (Å²) in [6, 6.07) is 0. The van der Waals surface area contributed by atoms with E-state index in [9.17, 15) is 0 Å². The molecule has 20 heavy (non-hydrogen) atoms. The monoisotopic (exact) mass is 299 g/mol. The third kappa shape index (κ3) is 4.38. The Balaban J connectivity index is 0.00000147. The fourth-order valence-electron chi connectivity index (χ4n) is 3.25. The Morgan fingerprint density at radius 1 is 1.15 bits per heavy atom. The summed E-state index contributed by atoms with van der Waals surface area (Å²) >= 11 is 0. The van der Waals surface area contributed by atoms with E-state index in [0.29, 0.717) is 6.10 Å². The van der Waals surface area contributed by atoms with Crippen LogP contribution in [0.1, 0.15) is 44.9 Å². The van der Waals surface area contributed by atoms with Gasteiger partial charge in [-0.15, -0.1) is 12.4 Å². The van der Waals surface area contributed by atoms with E-state index in [2.05, 4.69) is 21.3 Å². The molecule has 2 aliphatic rings. The smallest absolute Gasteiger partial charge is 0.157 e. The van der Waals surface area contributed by atoms with Crippen molar-refractivity contribution in [2.75, 3.05) is 13.1 Å². The minimum Gasteiger partial charge on any atom is -0.487 e. The summed E-state index contributed by atoms with van der Waals surface area (Å²) in [6.07, 6.45) is 13.5. The molecule has 2 fully saturated rings. The molecule has 1 aromatic rings. The molecule has 0 atom stereocenters. The fourth-order valence-corrected chi connectivity index (χ4v) is 3.25. The summed E-state index contributed by atoms with van der Waals surface area (Å²) < 4.78 is 8.08. The predicted octanol–water partition coefficient (Wildman–Crippen LogP) is 3.02. The van der Waals surface area contributed by atoms with Gasteiger partial charge in [0, 0.05) is 6.54 Å². The van der Waals surface area contributed by atoms with Gasteiger partial charge in [-0.3, -0.25) is 4.68 Å². The number of rotatable bonds is 4. The van der Waals surface area contributed by atoms with Gasteiger partial charge in [0.2, 0.25) is 0 Å².